The third kappa shape index (κ3) is 3.65. The fourth-order valence-electron chi connectivity index (χ4n) is 2.74. The highest BCUT2D eigenvalue weighted by Crippen LogP contribution is 2.12. The molecule has 0 aromatic carbocycles. The van der Waals surface area contributed by atoms with E-state index in [0.29, 0.717) is 18.2 Å². The van der Waals surface area contributed by atoms with Gasteiger partial charge in [-0.05, 0) is 20.8 Å². The quantitative estimate of drug-likeness (QED) is 0.773. The Balaban J connectivity index is 1.81. The number of hydrogen-bond donors (Lipinski definition) is 1. The lowest BCUT2D eigenvalue weighted by atomic mass is 10.1. The molecule has 0 spiro atoms. The summed E-state index contributed by atoms with van der Waals surface area (Å²) >= 11 is 0. The minimum absolute atomic E-state index is 0.395. The van der Waals surface area contributed by atoms with Crippen molar-refractivity contribution in [3.05, 3.63) is 0 Å². The molecular weight excluding hydrogens is 214 g/mol. The van der Waals surface area contributed by atoms with Gasteiger partial charge in [-0.3, -0.25) is 9.80 Å². The van der Waals surface area contributed by atoms with Gasteiger partial charge in [0.2, 0.25) is 0 Å². The predicted octanol–water partition coefficient (Wildman–Crippen LogP) is 0.389. The van der Waals surface area contributed by atoms with Crippen molar-refractivity contribution in [1.82, 2.24) is 15.1 Å². The first kappa shape index (κ1) is 13.3. The molecule has 100 valence electrons. The van der Waals surface area contributed by atoms with Crippen molar-refractivity contribution in [1.29, 1.82) is 0 Å². The third-order valence-corrected chi connectivity index (χ3v) is 3.98. The highest BCUT2D eigenvalue weighted by atomic mass is 16.5. The molecule has 2 atom stereocenters. The van der Waals surface area contributed by atoms with Crippen LogP contribution in [0.25, 0.3) is 0 Å². The van der Waals surface area contributed by atoms with E-state index in [0.717, 1.165) is 45.9 Å². The van der Waals surface area contributed by atoms with Gasteiger partial charge < -0.3 is 10.1 Å². The summed E-state index contributed by atoms with van der Waals surface area (Å²) in [4.78, 5) is 5.09. The van der Waals surface area contributed by atoms with Gasteiger partial charge in [0.25, 0.3) is 0 Å². The highest BCUT2D eigenvalue weighted by molar-refractivity contribution is 4.82. The Morgan fingerprint density at radius 1 is 1.35 bits per heavy atom. The number of morpholine rings is 1. The molecule has 1 N–H and O–H groups in total. The first-order valence-electron chi connectivity index (χ1n) is 6.97. The molecule has 0 saturated carbocycles. The van der Waals surface area contributed by atoms with Crippen molar-refractivity contribution in [2.45, 2.75) is 39.0 Å². The number of hydrogen-bond acceptors (Lipinski definition) is 4. The van der Waals surface area contributed by atoms with Crippen LogP contribution < -0.4 is 5.32 Å². The Bertz CT molecular complexity index is 235. The molecular formula is C13H27N3O. The Hall–Kier alpha value is -0.160. The number of piperazine rings is 1. The second kappa shape index (κ2) is 6.14. The largest absolute Gasteiger partial charge is 0.374 e. The van der Waals surface area contributed by atoms with Crippen molar-refractivity contribution in [2.24, 2.45) is 0 Å². The fraction of sp³-hybridized carbons (Fsp3) is 1.00. The lowest BCUT2D eigenvalue weighted by Gasteiger charge is -2.40. The van der Waals surface area contributed by atoms with Gasteiger partial charge in [0, 0.05) is 51.4 Å². The van der Waals surface area contributed by atoms with Crippen molar-refractivity contribution < 1.29 is 4.74 Å². The van der Waals surface area contributed by atoms with Crippen LogP contribution in [0.15, 0.2) is 0 Å². The molecule has 0 aromatic rings. The van der Waals surface area contributed by atoms with Crippen LogP contribution in [0.2, 0.25) is 0 Å². The SMILES string of the molecule is CC(C)N1CCOC(CN2CCNCC2C)C1. The molecule has 0 amide bonds. The van der Waals surface area contributed by atoms with E-state index in [1.165, 1.54) is 0 Å². The molecule has 2 rings (SSSR count). The van der Waals surface area contributed by atoms with Crippen molar-refractivity contribution in [3.8, 4) is 0 Å². The lowest BCUT2D eigenvalue weighted by molar-refractivity contribution is -0.0578. The van der Waals surface area contributed by atoms with Crippen LogP contribution in [0.5, 0.6) is 0 Å². The predicted molar refractivity (Wildman–Crippen MR) is 70.4 cm³/mol. The topological polar surface area (TPSA) is 27.7 Å². The fourth-order valence-corrected chi connectivity index (χ4v) is 2.74. The summed E-state index contributed by atoms with van der Waals surface area (Å²) in [5.41, 5.74) is 0. The van der Waals surface area contributed by atoms with Gasteiger partial charge in [0.1, 0.15) is 0 Å². The van der Waals surface area contributed by atoms with E-state index < -0.39 is 0 Å². The summed E-state index contributed by atoms with van der Waals surface area (Å²) in [6.45, 7) is 14.4. The molecule has 0 aliphatic carbocycles. The van der Waals surface area contributed by atoms with E-state index in [4.69, 9.17) is 4.74 Å². The summed E-state index contributed by atoms with van der Waals surface area (Å²) in [6.07, 6.45) is 0.395. The summed E-state index contributed by atoms with van der Waals surface area (Å²) in [5.74, 6) is 0. The van der Waals surface area contributed by atoms with Gasteiger partial charge in [-0.25, -0.2) is 0 Å². The number of rotatable bonds is 3. The summed E-state index contributed by atoms with van der Waals surface area (Å²) < 4.78 is 5.91. The van der Waals surface area contributed by atoms with Crippen LogP contribution in [0.1, 0.15) is 20.8 Å². The van der Waals surface area contributed by atoms with Gasteiger partial charge in [0.15, 0.2) is 0 Å². The molecule has 4 nitrogen and oxygen atoms in total. The second-order valence-electron chi connectivity index (χ2n) is 5.63. The molecule has 0 radical (unpaired) electrons. The average molecular weight is 241 g/mol. The zero-order valence-electron chi connectivity index (χ0n) is 11.5. The Kier molecular flexibility index (Phi) is 4.79. The standard InChI is InChI=1S/C13H27N3O/c1-11(2)15-6-7-17-13(9-15)10-16-5-4-14-8-12(16)3/h11-14H,4-10H2,1-3H3. The Morgan fingerprint density at radius 3 is 2.88 bits per heavy atom. The van der Waals surface area contributed by atoms with Crippen molar-refractivity contribution >= 4 is 0 Å². The molecule has 17 heavy (non-hydrogen) atoms. The van der Waals surface area contributed by atoms with Crippen LogP contribution in [-0.2, 0) is 4.74 Å². The van der Waals surface area contributed by atoms with Gasteiger partial charge >= 0.3 is 0 Å². The number of ether oxygens (including phenoxy) is 1. The van der Waals surface area contributed by atoms with Crippen LogP contribution in [0, 0.1) is 0 Å². The summed E-state index contributed by atoms with van der Waals surface area (Å²) in [7, 11) is 0. The maximum Gasteiger partial charge on any atom is 0.0829 e. The molecule has 2 saturated heterocycles. The third-order valence-electron chi connectivity index (χ3n) is 3.98. The van der Waals surface area contributed by atoms with E-state index in [9.17, 15) is 0 Å². The second-order valence-corrected chi connectivity index (χ2v) is 5.63. The molecule has 0 aromatic heterocycles. The molecule has 4 heteroatoms. The molecule has 2 unspecified atom stereocenters. The monoisotopic (exact) mass is 241 g/mol. The van der Waals surface area contributed by atoms with Crippen LogP contribution >= 0.6 is 0 Å². The number of nitrogens with zero attached hydrogens (tertiary/aromatic N) is 2. The summed E-state index contributed by atoms with van der Waals surface area (Å²) in [5, 5.41) is 3.44. The van der Waals surface area contributed by atoms with Crippen LogP contribution in [-0.4, -0.2) is 73.9 Å². The minimum Gasteiger partial charge on any atom is -0.374 e. The molecule has 2 aliphatic heterocycles. The van der Waals surface area contributed by atoms with Crippen molar-refractivity contribution in [3.63, 3.8) is 0 Å². The molecule has 0 bridgehead atoms. The summed E-state index contributed by atoms with van der Waals surface area (Å²) in [6, 6.07) is 1.28. The van der Waals surface area contributed by atoms with Gasteiger partial charge in [-0.2, -0.15) is 0 Å². The van der Waals surface area contributed by atoms with Gasteiger partial charge in [0.05, 0.1) is 12.7 Å². The van der Waals surface area contributed by atoms with Crippen LogP contribution in [0.3, 0.4) is 0 Å². The smallest absolute Gasteiger partial charge is 0.0829 e. The van der Waals surface area contributed by atoms with E-state index in [2.05, 4.69) is 35.9 Å². The Labute approximate surface area is 105 Å². The van der Waals surface area contributed by atoms with E-state index in [-0.39, 0.29) is 0 Å². The highest BCUT2D eigenvalue weighted by Gasteiger charge is 2.26. The molecule has 2 heterocycles. The van der Waals surface area contributed by atoms with Gasteiger partial charge in [-0.1, -0.05) is 0 Å². The first-order valence-corrected chi connectivity index (χ1v) is 6.97. The normalized spacial score (nSPS) is 33.2. The first-order chi connectivity index (χ1) is 8.16. The zero-order chi connectivity index (χ0) is 12.3. The van der Waals surface area contributed by atoms with E-state index >= 15 is 0 Å². The average Bonchev–Trinajstić information content (AvgIpc) is 2.32. The van der Waals surface area contributed by atoms with Crippen LogP contribution in [0.4, 0.5) is 0 Å². The zero-order valence-corrected chi connectivity index (χ0v) is 11.5. The number of nitrogens with one attached hydrogen (secondary N) is 1. The van der Waals surface area contributed by atoms with Crippen molar-refractivity contribution in [2.75, 3.05) is 45.9 Å². The maximum absolute atomic E-state index is 5.91. The van der Waals surface area contributed by atoms with E-state index in [1.807, 2.05) is 0 Å². The van der Waals surface area contributed by atoms with Gasteiger partial charge in [-0.15, -0.1) is 0 Å². The maximum atomic E-state index is 5.91. The molecule has 2 fully saturated rings. The minimum atomic E-state index is 0.395. The van der Waals surface area contributed by atoms with E-state index in [1.54, 1.807) is 0 Å². The Morgan fingerprint density at radius 2 is 2.18 bits per heavy atom. The lowest BCUT2D eigenvalue weighted by Crippen LogP contribution is -2.55. The molecule has 2 aliphatic rings.